The zero-order chi connectivity index (χ0) is 24.6. The van der Waals surface area contributed by atoms with Gasteiger partial charge >= 0.3 is 6.09 Å². The highest BCUT2D eigenvalue weighted by molar-refractivity contribution is 9.10. The third-order valence-electron chi connectivity index (χ3n) is 5.51. The highest BCUT2D eigenvalue weighted by Gasteiger charge is 2.29. The molecule has 3 aromatic carbocycles. The lowest BCUT2D eigenvalue weighted by molar-refractivity contribution is -0.186. The fourth-order valence-electron chi connectivity index (χ4n) is 3.50. The second kappa shape index (κ2) is 11.8. The van der Waals surface area contributed by atoms with Gasteiger partial charge in [-0.2, -0.15) is 0 Å². The number of amides is 2. The molecule has 1 N–H and O–H groups in total. The van der Waals surface area contributed by atoms with Crippen LogP contribution in [-0.2, 0) is 22.7 Å². The maximum Gasteiger partial charge on any atom is 0.412 e. The van der Waals surface area contributed by atoms with Crippen LogP contribution in [0.15, 0.2) is 83.3 Å². The van der Waals surface area contributed by atoms with E-state index in [-0.39, 0.29) is 30.6 Å². The number of ether oxygens (including phenoxy) is 1. The molecular weight excluding hydrogens is 512 g/mol. The zero-order valence-corrected chi connectivity index (χ0v) is 20.5. The second-order valence-corrected chi connectivity index (χ2v) is 9.19. The molecule has 1 saturated carbocycles. The van der Waals surface area contributed by atoms with E-state index >= 15 is 0 Å². The Kier molecular flexibility index (Phi) is 8.28. The molecule has 0 unspecified atom stereocenters. The molecule has 35 heavy (non-hydrogen) atoms. The standard InChI is InChI=1S/C27H25BrN2O5/c28-22-11-9-20(10-12-22)17-34-30(18-31)25(15-19-5-2-1-3-6-19)26(32)21-7-4-8-24(16-21)35-27(33)29-23-13-14-23/h1-12,16,18,23,25H,13-15,17H2,(H,29,33)/t25-/m0/s1. The zero-order valence-electron chi connectivity index (χ0n) is 18.9. The number of benzene rings is 3. The molecular formula is C27H25BrN2O5. The summed E-state index contributed by atoms with van der Waals surface area (Å²) in [6.07, 6.45) is 2.11. The van der Waals surface area contributed by atoms with Crippen molar-refractivity contribution < 1.29 is 24.0 Å². The van der Waals surface area contributed by atoms with Gasteiger partial charge in [-0.15, -0.1) is 0 Å². The van der Waals surface area contributed by atoms with E-state index in [1.54, 1.807) is 18.2 Å². The largest absolute Gasteiger partial charge is 0.412 e. The van der Waals surface area contributed by atoms with Crippen LogP contribution in [0.3, 0.4) is 0 Å². The van der Waals surface area contributed by atoms with Crippen LogP contribution in [0, 0.1) is 0 Å². The number of carbonyl (C=O) groups excluding carboxylic acids is 3. The molecule has 1 fully saturated rings. The molecule has 7 nitrogen and oxygen atoms in total. The number of carbonyl (C=O) groups is 3. The molecule has 180 valence electrons. The molecule has 2 amide bonds. The van der Waals surface area contributed by atoms with Crippen LogP contribution in [0.2, 0.25) is 0 Å². The van der Waals surface area contributed by atoms with Crippen LogP contribution in [-0.4, -0.2) is 35.4 Å². The lowest BCUT2D eigenvalue weighted by Crippen LogP contribution is -2.42. The van der Waals surface area contributed by atoms with Crippen LogP contribution in [0.5, 0.6) is 5.75 Å². The summed E-state index contributed by atoms with van der Waals surface area (Å²) in [4.78, 5) is 43.4. The van der Waals surface area contributed by atoms with Crippen molar-refractivity contribution in [3.63, 3.8) is 0 Å². The third-order valence-corrected chi connectivity index (χ3v) is 6.04. The van der Waals surface area contributed by atoms with Crippen LogP contribution in [0.1, 0.15) is 34.3 Å². The molecule has 1 aliphatic rings. The predicted octanol–water partition coefficient (Wildman–Crippen LogP) is 5.08. The van der Waals surface area contributed by atoms with E-state index in [2.05, 4.69) is 21.2 Å². The predicted molar refractivity (Wildman–Crippen MR) is 134 cm³/mol. The molecule has 0 bridgehead atoms. The monoisotopic (exact) mass is 536 g/mol. The van der Waals surface area contributed by atoms with Crippen molar-refractivity contribution in [2.24, 2.45) is 0 Å². The highest BCUT2D eigenvalue weighted by Crippen LogP contribution is 2.22. The van der Waals surface area contributed by atoms with E-state index in [1.165, 1.54) is 6.07 Å². The van der Waals surface area contributed by atoms with Gasteiger partial charge in [-0.25, -0.2) is 9.86 Å². The molecule has 1 aliphatic carbocycles. The van der Waals surface area contributed by atoms with Gasteiger partial charge in [-0.05, 0) is 48.2 Å². The molecule has 3 aromatic rings. The summed E-state index contributed by atoms with van der Waals surface area (Å²) in [7, 11) is 0. The number of hydroxylamine groups is 2. The maximum absolute atomic E-state index is 13.6. The number of Topliss-reactive ketones (excluding diaryl/α,β-unsaturated/α-hetero) is 1. The summed E-state index contributed by atoms with van der Waals surface area (Å²) in [6.45, 7) is 0.120. The maximum atomic E-state index is 13.6. The Labute approximate surface area is 212 Å². The summed E-state index contributed by atoms with van der Waals surface area (Å²) in [5.74, 6) is -0.0781. The van der Waals surface area contributed by atoms with Crippen molar-refractivity contribution >= 4 is 34.2 Å². The Bertz CT molecular complexity index is 1170. The van der Waals surface area contributed by atoms with Gasteiger partial charge < -0.3 is 10.1 Å². The number of rotatable bonds is 11. The molecule has 4 rings (SSSR count). The van der Waals surface area contributed by atoms with Gasteiger partial charge in [0.2, 0.25) is 6.41 Å². The van der Waals surface area contributed by atoms with E-state index in [0.717, 1.165) is 33.5 Å². The van der Waals surface area contributed by atoms with Gasteiger partial charge in [0.25, 0.3) is 0 Å². The first kappa shape index (κ1) is 24.6. The summed E-state index contributed by atoms with van der Waals surface area (Å²) in [6, 6.07) is 22.5. The smallest absolute Gasteiger partial charge is 0.410 e. The van der Waals surface area contributed by atoms with Crippen molar-refractivity contribution in [2.45, 2.75) is 38.0 Å². The number of nitrogens with zero attached hydrogens (tertiary/aromatic N) is 1. The summed E-state index contributed by atoms with van der Waals surface area (Å²) in [5, 5.41) is 3.81. The lowest BCUT2D eigenvalue weighted by atomic mass is 9.97. The van der Waals surface area contributed by atoms with Crippen LogP contribution < -0.4 is 10.1 Å². The van der Waals surface area contributed by atoms with Crippen molar-refractivity contribution in [3.8, 4) is 5.75 Å². The van der Waals surface area contributed by atoms with Gasteiger partial charge in [0.1, 0.15) is 18.4 Å². The van der Waals surface area contributed by atoms with Gasteiger partial charge in [-0.1, -0.05) is 70.5 Å². The number of ketones is 1. The Morgan fingerprint density at radius 1 is 1.00 bits per heavy atom. The van der Waals surface area contributed by atoms with Crippen LogP contribution in [0.25, 0.3) is 0 Å². The Morgan fingerprint density at radius 3 is 2.43 bits per heavy atom. The third kappa shape index (κ3) is 7.24. The van der Waals surface area contributed by atoms with E-state index in [1.807, 2.05) is 54.6 Å². The minimum atomic E-state index is -0.916. The highest BCUT2D eigenvalue weighted by atomic mass is 79.9. The lowest BCUT2D eigenvalue weighted by Gasteiger charge is -2.26. The first-order chi connectivity index (χ1) is 17.0. The quantitative estimate of drug-likeness (QED) is 0.210. The van der Waals surface area contributed by atoms with Crippen molar-refractivity contribution in [3.05, 3.63) is 100 Å². The summed E-state index contributed by atoms with van der Waals surface area (Å²) in [5.41, 5.74) is 2.03. The van der Waals surface area contributed by atoms with Crippen molar-refractivity contribution in [1.29, 1.82) is 0 Å². The minimum absolute atomic E-state index is 0.120. The van der Waals surface area contributed by atoms with Gasteiger partial charge in [-0.3, -0.25) is 14.4 Å². The van der Waals surface area contributed by atoms with Crippen LogP contribution in [0.4, 0.5) is 4.79 Å². The molecule has 0 spiro atoms. The fourth-order valence-corrected chi connectivity index (χ4v) is 3.76. The molecule has 8 heteroatoms. The topological polar surface area (TPSA) is 84.9 Å². The van der Waals surface area contributed by atoms with Crippen LogP contribution >= 0.6 is 15.9 Å². The SMILES string of the molecule is O=CN(OCc1ccc(Br)cc1)[C@@H](Cc1ccccc1)C(=O)c1cccc(OC(=O)NC2CC2)c1. The molecule has 0 saturated heterocycles. The molecule has 1 atom stereocenters. The number of nitrogens with one attached hydrogen (secondary N) is 1. The van der Waals surface area contributed by atoms with E-state index < -0.39 is 12.1 Å². The molecule has 0 radical (unpaired) electrons. The average molecular weight is 537 g/mol. The van der Waals surface area contributed by atoms with Gasteiger partial charge in [0.15, 0.2) is 5.78 Å². The normalized spacial score (nSPS) is 13.5. The first-order valence-corrected chi connectivity index (χ1v) is 12.1. The van der Waals surface area contributed by atoms with E-state index in [0.29, 0.717) is 12.0 Å². The Balaban J connectivity index is 1.53. The van der Waals surface area contributed by atoms with Crippen molar-refractivity contribution in [1.82, 2.24) is 10.4 Å². The van der Waals surface area contributed by atoms with Crippen molar-refractivity contribution in [2.75, 3.05) is 0 Å². The van der Waals surface area contributed by atoms with E-state index in [9.17, 15) is 14.4 Å². The Morgan fingerprint density at radius 2 is 1.74 bits per heavy atom. The average Bonchev–Trinajstić information content (AvgIpc) is 3.69. The van der Waals surface area contributed by atoms with Gasteiger partial charge in [0, 0.05) is 22.5 Å². The second-order valence-electron chi connectivity index (χ2n) is 8.27. The number of halogens is 1. The fraction of sp³-hybridized carbons (Fsp3) is 0.222. The number of hydrogen-bond donors (Lipinski definition) is 1. The minimum Gasteiger partial charge on any atom is -0.410 e. The first-order valence-electron chi connectivity index (χ1n) is 11.3. The van der Waals surface area contributed by atoms with Gasteiger partial charge in [0.05, 0.1) is 0 Å². The number of hydrogen-bond acceptors (Lipinski definition) is 5. The molecule has 0 heterocycles. The van der Waals surface area contributed by atoms with E-state index in [4.69, 9.17) is 9.57 Å². The summed E-state index contributed by atoms with van der Waals surface area (Å²) >= 11 is 3.39. The molecule has 0 aliphatic heterocycles. The Hall–Kier alpha value is -3.49. The molecule has 0 aromatic heterocycles. The summed E-state index contributed by atoms with van der Waals surface area (Å²) < 4.78 is 6.26.